The molecule has 20 heavy (non-hydrogen) atoms. The van der Waals surface area contributed by atoms with Crippen LogP contribution in [-0.4, -0.2) is 16.8 Å². The molecule has 0 spiro atoms. The summed E-state index contributed by atoms with van der Waals surface area (Å²) in [5, 5.41) is 3.44. The number of rotatable bonds is 3. The summed E-state index contributed by atoms with van der Waals surface area (Å²) < 4.78 is 27.7. The van der Waals surface area contributed by atoms with Gasteiger partial charge in [0, 0.05) is 5.33 Å². The fourth-order valence-corrected chi connectivity index (χ4v) is 3.39. The van der Waals surface area contributed by atoms with E-state index >= 15 is 0 Å². The summed E-state index contributed by atoms with van der Waals surface area (Å²) in [4.78, 5) is 12.3. The molecule has 1 aromatic carbocycles. The maximum absolute atomic E-state index is 14.0. The molecule has 110 valence electrons. The summed E-state index contributed by atoms with van der Waals surface area (Å²) in [6, 6.07) is 2.47. The van der Waals surface area contributed by atoms with Crippen molar-refractivity contribution in [3.63, 3.8) is 0 Å². The van der Waals surface area contributed by atoms with E-state index in [0.717, 1.165) is 38.2 Å². The fourth-order valence-electron chi connectivity index (χ4n) is 2.69. The molecule has 1 saturated carbocycles. The van der Waals surface area contributed by atoms with E-state index in [9.17, 15) is 13.6 Å². The smallest absolute Gasteiger partial charge is 0.257 e. The van der Waals surface area contributed by atoms with E-state index in [0.29, 0.717) is 5.33 Å². The SMILES string of the molecule is Cc1ccc(F)c(C(=O)NC2(CBr)CCCCC2)c1F. The van der Waals surface area contributed by atoms with E-state index in [2.05, 4.69) is 21.2 Å². The highest BCUT2D eigenvalue weighted by Gasteiger charge is 2.34. The Bertz CT molecular complexity index is 513. The average molecular weight is 346 g/mol. The fraction of sp³-hybridized carbons (Fsp3) is 0.533. The van der Waals surface area contributed by atoms with Gasteiger partial charge < -0.3 is 5.32 Å². The number of aryl methyl sites for hydroxylation is 1. The summed E-state index contributed by atoms with van der Waals surface area (Å²) >= 11 is 3.42. The van der Waals surface area contributed by atoms with Crippen molar-refractivity contribution in [1.29, 1.82) is 0 Å². The molecule has 1 N–H and O–H groups in total. The minimum atomic E-state index is -0.814. The molecular formula is C15H18BrF2NO. The first-order valence-electron chi connectivity index (χ1n) is 6.82. The number of amides is 1. The van der Waals surface area contributed by atoms with Crippen molar-refractivity contribution in [3.8, 4) is 0 Å². The van der Waals surface area contributed by atoms with Gasteiger partial charge in [0.05, 0.1) is 5.54 Å². The maximum Gasteiger partial charge on any atom is 0.257 e. The molecule has 0 aliphatic heterocycles. The Labute approximate surface area is 126 Å². The highest BCUT2D eigenvalue weighted by molar-refractivity contribution is 9.09. The zero-order valence-corrected chi connectivity index (χ0v) is 13.0. The van der Waals surface area contributed by atoms with E-state index < -0.39 is 28.6 Å². The Hall–Kier alpha value is -0.970. The second-order valence-corrected chi connectivity index (χ2v) is 6.04. The molecule has 1 amide bonds. The molecule has 0 saturated heterocycles. The standard InChI is InChI=1S/C15H18BrF2NO/c1-10-5-6-11(17)12(13(10)18)14(20)19-15(9-16)7-3-2-4-8-15/h5-6H,2-4,7-9H2,1H3,(H,19,20). The van der Waals surface area contributed by atoms with E-state index in [1.54, 1.807) is 0 Å². The second-order valence-electron chi connectivity index (χ2n) is 5.48. The first kappa shape index (κ1) is 15.4. The maximum atomic E-state index is 14.0. The molecule has 0 bridgehead atoms. The van der Waals surface area contributed by atoms with E-state index in [1.165, 1.54) is 13.0 Å². The molecule has 5 heteroatoms. The Morgan fingerprint density at radius 1 is 1.30 bits per heavy atom. The van der Waals surface area contributed by atoms with Gasteiger partial charge in [0.25, 0.3) is 5.91 Å². The van der Waals surface area contributed by atoms with Crippen molar-refractivity contribution >= 4 is 21.8 Å². The third-order valence-corrected chi connectivity index (χ3v) is 5.03. The lowest BCUT2D eigenvalue weighted by Gasteiger charge is -2.36. The van der Waals surface area contributed by atoms with Crippen LogP contribution in [0.4, 0.5) is 8.78 Å². The molecule has 1 aromatic rings. The van der Waals surface area contributed by atoms with Crippen LogP contribution in [0.15, 0.2) is 12.1 Å². The van der Waals surface area contributed by atoms with Crippen molar-refractivity contribution in [2.45, 2.75) is 44.6 Å². The van der Waals surface area contributed by atoms with Crippen molar-refractivity contribution < 1.29 is 13.6 Å². The Morgan fingerprint density at radius 2 is 1.95 bits per heavy atom. The minimum Gasteiger partial charge on any atom is -0.346 e. The average Bonchev–Trinajstić information content (AvgIpc) is 2.44. The number of nitrogens with one attached hydrogen (secondary N) is 1. The van der Waals surface area contributed by atoms with Crippen LogP contribution in [0.3, 0.4) is 0 Å². The van der Waals surface area contributed by atoms with Crippen LogP contribution in [0.2, 0.25) is 0 Å². The van der Waals surface area contributed by atoms with Crippen LogP contribution in [0.25, 0.3) is 0 Å². The number of hydrogen-bond acceptors (Lipinski definition) is 1. The van der Waals surface area contributed by atoms with Gasteiger partial charge in [0.15, 0.2) is 0 Å². The highest BCUT2D eigenvalue weighted by atomic mass is 79.9. The van der Waals surface area contributed by atoms with Crippen molar-refractivity contribution in [2.75, 3.05) is 5.33 Å². The number of halogens is 3. The summed E-state index contributed by atoms with van der Waals surface area (Å²) in [7, 11) is 0. The van der Waals surface area contributed by atoms with Crippen molar-refractivity contribution in [2.24, 2.45) is 0 Å². The van der Waals surface area contributed by atoms with Gasteiger partial charge in [-0.2, -0.15) is 0 Å². The monoisotopic (exact) mass is 345 g/mol. The van der Waals surface area contributed by atoms with E-state index in [-0.39, 0.29) is 5.56 Å². The predicted molar refractivity (Wildman–Crippen MR) is 78.2 cm³/mol. The molecule has 0 aromatic heterocycles. The largest absolute Gasteiger partial charge is 0.346 e. The number of carbonyl (C=O) groups excluding carboxylic acids is 1. The van der Waals surface area contributed by atoms with E-state index in [1.807, 2.05) is 0 Å². The highest BCUT2D eigenvalue weighted by Crippen LogP contribution is 2.30. The molecule has 0 radical (unpaired) electrons. The quantitative estimate of drug-likeness (QED) is 0.821. The molecule has 2 rings (SSSR count). The van der Waals surface area contributed by atoms with E-state index in [4.69, 9.17) is 0 Å². The Morgan fingerprint density at radius 3 is 2.55 bits per heavy atom. The van der Waals surface area contributed by atoms with Gasteiger partial charge in [-0.25, -0.2) is 8.78 Å². The molecule has 1 aliphatic carbocycles. The van der Waals surface area contributed by atoms with Gasteiger partial charge in [-0.1, -0.05) is 41.3 Å². The molecule has 1 aliphatic rings. The molecule has 0 heterocycles. The topological polar surface area (TPSA) is 29.1 Å². The zero-order valence-electron chi connectivity index (χ0n) is 11.4. The molecule has 0 atom stereocenters. The van der Waals surface area contributed by atoms with Crippen LogP contribution in [0.5, 0.6) is 0 Å². The van der Waals surface area contributed by atoms with Gasteiger partial charge in [0.1, 0.15) is 17.2 Å². The molecular weight excluding hydrogens is 328 g/mol. The van der Waals surface area contributed by atoms with Gasteiger partial charge >= 0.3 is 0 Å². The van der Waals surface area contributed by atoms with Crippen molar-refractivity contribution in [3.05, 3.63) is 34.9 Å². The second kappa shape index (κ2) is 6.20. The Balaban J connectivity index is 2.26. The minimum absolute atomic E-state index is 0.271. The van der Waals surface area contributed by atoms with Crippen LogP contribution >= 0.6 is 15.9 Å². The third-order valence-electron chi connectivity index (χ3n) is 3.96. The summed E-state index contributed by atoms with van der Waals surface area (Å²) in [5.74, 6) is -2.25. The van der Waals surface area contributed by atoms with Crippen molar-refractivity contribution in [1.82, 2.24) is 5.32 Å². The zero-order chi connectivity index (χ0) is 14.8. The summed E-state index contributed by atoms with van der Waals surface area (Å²) in [6.07, 6.45) is 4.84. The van der Waals surface area contributed by atoms with Crippen LogP contribution in [0, 0.1) is 18.6 Å². The molecule has 2 nitrogen and oxygen atoms in total. The van der Waals surface area contributed by atoms with Crippen LogP contribution in [0.1, 0.15) is 48.0 Å². The molecule has 0 unspecified atom stereocenters. The first-order chi connectivity index (χ1) is 9.49. The predicted octanol–water partition coefficient (Wildman–Crippen LogP) is 4.10. The third kappa shape index (κ3) is 3.03. The van der Waals surface area contributed by atoms with Crippen LogP contribution < -0.4 is 5.32 Å². The van der Waals surface area contributed by atoms with Crippen LogP contribution in [-0.2, 0) is 0 Å². The number of carbonyl (C=O) groups is 1. The lowest BCUT2D eigenvalue weighted by molar-refractivity contribution is 0.0877. The number of alkyl halides is 1. The first-order valence-corrected chi connectivity index (χ1v) is 7.94. The Kier molecular flexibility index (Phi) is 4.78. The number of hydrogen-bond donors (Lipinski definition) is 1. The van der Waals surface area contributed by atoms with Gasteiger partial charge in [0.2, 0.25) is 0 Å². The summed E-state index contributed by atoms with van der Waals surface area (Å²) in [5.41, 5.74) is -0.596. The lowest BCUT2D eigenvalue weighted by atomic mass is 9.83. The van der Waals surface area contributed by atoms with Gasteiger partial charge in [-0.3, -0.25) is 4.79 Å². The summed E-state index contributed by atoms with van der Waals surface area (Å²) in [6.45, 7) is 1.52. The normalized spacial score (nSPS) is 17.8. The molecule has 1 fully saturated rings. The van der Waals surface area contributed by atoms with Gasteiger partial charge in [-0.15, -0.1) is 0 Å². The lowest BCUT2D eigenvalue weighted by Crippen LogP contribution is -2.51. The number of benzene rings is 1. The van der Waals surface area contributed by atoms with Gasteiger partial charge in [-0.05, 0) is 31.4 Å².